The fraction of sp³-hybridized carbons (Fsp3) is 0.833. The number of esters is 1. The maximum atomic E-state index is 13.0. The van der Waals surface area contributed by atoms with E-state index in [1.54, 1.807) is 6.92 Å². The van der Waals surface area contributed by atoms with Gasteiger partial charge in [0.1, 0.15) is 5.54 Å². The summed E-state index contributed by atoms with van der Waals surface area (Å²) in [4.78, 5) is 40.8. The molecule has 3 aliphatic rings. The molecule has 1 saturated carbocycles. The van der Waals surface area contributed by atoms with Crippen LogP contribution in [0.3, 0.4) is 0 Å². The second kappa shape index (κ2) is 7.72. The van der Waals surface area contributed by atoms with E-state index in [0.717, 1.165) is 57.9 Å². The van der Waals surface area contributed by atoms with E-state index in [4.69, 9.17) is 4.74 Å². The summed E-state index contributed by atoms with van der Waals surface area (Å²) in [6.07, 6.45) is 7.36. The Bertz CT molecular complexity index is 528. The monoisotopic (exact) mass is 351 g/mol. The highest BCUT2D eigenvalue weighted by Gasteiger charge is 2.51. The van der Waals surface area contributed by atoms with Gasteiger partial charge in [0.25, 0.3) is 5.91 Å². The first kappa shape index (κ1) is 18.2. The maximum Gasteiger partial charge on any atom is 0.326 e. The first-order valence-electron chi connectivity index (χ1n) is 9.59. The summed E-state index contributed by atoms with van der Waals surface area (Å²) < 4.78 is 5.12. The molecule has 2 aliphatic heterocycles. The fourth-order valence-electron chi connectivity index (χ4n) is 4.31. The van der Waals surface area contributed by atoms with Gasteiger partial charge in [0.2, 0.25) is 0 Å². The minimum Gasteiger partial charge on any atom is -0.466 e. The van der Waals surface area contributed by atoms with Gasteiger partial charge in [-0.2, -0.15) is 0 Å². The molecule has 1 atom stereocenters. The molecule has 1 aliphatic carbocycles. The van der Waals surface area contributed by atoms with Gasteiger partial charge >= 0.3 is 12.0 Å². The highest BCUT2D eigenvalue weighted by atomic mass is 16.5. The molecule has 3 amide bonds. The molecule has 0 aromatic rings. The second-order valence-corrected chi connectivity index (χ2v) is 7.47. The molecule has 25 heavy (non-hydrogen) atoms. The third-order valence-electron chi connectivity index (χ3n) is 5.67. The Labute approximate surface area is 149 Å². The first-order chi connectivity index (χ1) is 12.1. The Morgan fingerprint density at radius 2 is 1.92 bits per heavy atom. The Kier molecular flexibility index (Phi) is 5.61. The lowest BCUT2D eigenvalue weighted by atomic mass is 9.90. The van der Waals surface area contributed by atoms with Crippen LogP contribution in [0, 0.1) is 5.92 Å². The van der Waals surface area contributed by atoms with Gasteiger partial charge in [-0.1, -0.05) is 25.7 Å². The van der Waals surface area contributed by atoms with Gasteiger partial charge < -0.3 is 10.1 Å². The van der Waals surface area contributed by atoms with E-state index in [-0.39, 0.29) is 30.5 Å². The van der Waals surface area contributed by atoms with Gasteiger partial charge in [-0.15, -0.1) is 0 Å². The number of nitrogens with zero attached hydrogens (tertiary/aromatic N) is 2. The molecular weight excluding hydrogens is 322 g/mol. The molecule has 1 N–H and O–H groups in total. The SMILES string of the molecule is CCOC(=O)[C@H]1CCCN(CN2C(=O)NC3(CCCCCC3)C2=O)C1. The highest BCUT2D eigenvalue weighted by Crippen LogP contribution is 2.33. The van der Waals surface area contributed by atoms with E-state index < -0.39 is 5.54 Å². The number of amides is 3. The third kappa shape index (κ3) is 3.81. The van der Waals surface area contributed by atoms with E-state index >= 15 is 0 Å². The summed E-state index contributed by atoms with van der Waals surface area (Å²) in [5.41, 5.74) is -0.691. The molecule has 2 heterocycles. The molecule has 0 unspecified atom stereocenters. The van der Waals surface area contributed by atoms with Crippen LogP contribution in [0.15, 0.2) is 0 Å². The smallest absolute Gasteiger partial charge is 0.326 e. The van der Waals surface area contributed by atoms with E-state index in [1.165, 1.54) is 4.90 Å². The topological polar surface area (TPSA) is 79.0 Å². The molecule has 0 bridgehead atoms. The molecule has 3 rings (SSSR count). The largest absolute Gasteiger partial charge is 0.466 e. The van der Waals surface area contributed by atoms with Crippen molar-refractivity contribution in [2.75, 3.05) is 26.4 Å². The predicted octanol–water partition coefficient (Wildman–Crippen LogP) is 1.86. The van der Waals surface area contributed by atoms with Crippen LogP contribution in [0.5, 0.6) is 0 Å². The third-order valence-corrected chi connectivity index (χ3v) is 5.67. The summed E-state index contributed by atoms with van der Waals surface area (Å²) >= 11 is 0. The zero-order valence-corrected chi connectivity index (χ0v) is 15.1. The quantitative estimate of drug-likeness (QED) is 0.618. The molecule has 2 saturated heterocycles. The van der Waals surface area contributed by atoms with Gasteiger partial charge in [-0.3, -0.25) is 14.5 Å². The van der Waals surface area contributed by atoms with Crippen LogP contribution >= 0.6 is 0 Å². The number of hydrogen-bond donors (Lipinski definition) is 1. The molecular formula is C18H29N3O4. The fourth-order valence-corrected chi connectivity index (χ4v) is 4.31. The number of carbonyl (C=O) groups excluding carboxylic acids is 3. The van der Waals surface area contributed by atoms with Crippen molar-refractivity contribution in [2.45, 2.75) is 63.8 Å². The van der Waals surface area contributed by atoms with E-state index in [1.807, 2.05) is 4.90 Å². The molecule has 1 spiro atoms. The zero-order chi connectivity index (χ0) is 17.9. The first-order valence-corrected chi connectivity index (χ1v) is 9.59. The number of carbonyl (C=O) groups is 3. The van der Waals surface area contributed by atoms with Crippen molar-refractivity contribution >= 4 is 17.9 Å². The molecule has 7 nitrogen and oxygen atoms in total. The van der Waals surface area contributed by atoms with Gasteiger partial charge in [0.15, 0.2) is 0 Å². The summed E-state index contributed by atoms with van der Waals surface area (Å²) in [6.45, 7) is 3.79. The molecule has 7 heteroatoms. The summed E-state index contributed by atoms with van der Waals surface area (Å²) in [5, 5.41) is 2.97. The minimum absolute atomic E-state index is 0.0855. The normalized spacial score (nSPS) is 27.2. The highest BCUT2D eigenvalue weighted by molar-refractivity contribution is 6.07. The van der Waals surface area contributed by atoms with Crippen LogP contribution in [0.1, 0.15) is 58.3 Å². The van der Waals surface area contributed by atoms with Crippen molar-refractivity contribution in [3.63, 3.8) is 0 Å². The van der Waals surface area contributed by atoms with Gasteiger partial charge in [0.05, 0.1) is 19.2 Å². The lowest BCUT2D eigenvalue weighted by molar-refractivity contribution is -0.150. The molecule has 3 fully saturated rings. The number of urea groups is 1. The van der Waals surface area contributed by atoms with Crippen LogP contribution in [0.4, 0.5) is 4.79 Å². The lowest BCUT2D eigenvalue weighted by Gasteiger charge is -2.33. The van der Waals surface area contributed by atoms with Crippen LogP contribution < -0.4 is 5.32 Å². The standard InChI is InChI=1S/C18H29N3O4/c1-2-25-15(22)14-8-7-11-20(12-14)13-21-16(23)18(19-17(21)24)9-5-3-4-6-10-18/h14H,2-13H2,1H3,(H,19,24)/t14-/m0/s1. The summed E-state index contributed by atoms with van der Waals surface area (Å²) in [7, 11) is 0. The van der Waals surface area contributed by atoms with Crippen molar-refractivity contribution < 1.29 is 19.1 Å². The Hall–Kier alpha value is -1.63. The van der Waals surface area contributed by atoms with Crippen LogP contribution in [0.25, 0.3) is 0 Å². The number of piperidine rings is 1. The van der Waals surface area contributed by atoms with Gasteiger partial charge in [-0.25, -0.2) is 9.69 Å². The zero-order valence-electron chi connectivity index (χ0n) is 15.1. The number of ether oxygens (including phenoxy) is 1. The minimum atomic E-state index is -0.691. The lowest BCUT2D eigenvalue weighted by Crippen LogP contribution is -2.49. The molecule has 140 valence electrons. The van der Waals surface area contributed by atoms with Crippen LogP contribution in [-0.2, 0) is 14.3 Å². The molecule has 0 aromatic carbocycles. The number of hydrogen-bond acceptors (Lipinski definition) is 5. The predicted molar refractivity (Wildman–Crippen MR) is 91.6 cm³/mol. The molecule has 0 radical (unpaired) electrons. The van der Waals surface area contributed by atoms with Crippen molar-refractivity contribution in [1.29, 1.82) is 0 Å². The van der Waals surface area contributed by atoms with E-state index in [9.17, 15) is 14.4 Å². The van der Waals surface area contributed by atoms with Crippen molar-refractivity contribution in [3.8, 4) is 0 Å². The van der Waals surface area contributed by atoms with E-state index in [2.05, 4.69) is 5.32 Å². The van der Waals surface area contributed by atoms with Crippen molar-refractivity contribution in [2.24, 2.45) is 5.92 Å². The maximum absolute atomic E-state index is 13.0. The summed E-state index contributed by atoms with van der Waals surface area (Å²) in [5.74, 6) is -0.427. The summed E-state index contributed by atoms with van der Waals surface area (Å²) in [6, 6.07) is -0.287. The number of likely N-dealkylation sites (tertiary alicyclic amines) is 1. The van der Waals surface area contributed by atoms with Crippen LogP contribution in [0.2, 0.25) is 0 Å². The van der Waals surface area contributed by atoms with Crippen molar-refractivity contribution in [3.05, 3.63) is 0 Å². The number of nitrogens with one attached hydrogen (secondary N) is 1. The number of rotatable bonds is 4. The Morgan fingerprint density at radius 1 is 1.20 bits per heavy atom. The van der Waals surface area contributed by atoms with Crippen LogP contribution in [-0.4, -0.2) is 59.6 Å². The number of imide groups is 1. The average molecular weight is 351 g/mol. The Morgan fingerprint density at radius 3 is 2.60 bits per heavy atom. The Balaban J connectivity index is 1.63. The van der Waals surface area contributed by atoms with E-state index in [0.29, 0.717) is 13.2 Å². The molecule has 0 aromatic heterocycles. The average Bonchev–Trinajstić information content (AvgIpc) is 2.77. The van der Waals surface area contributed by atoms with Crippen molar-refractivity contribution in [1.82, 2.24) is 15.1 Å². The van der Waals surface area contributed by atoms with Gasteiger partial charge in [-0.05, 0) is 39.2 Å². The van der Waals surface area contributed by atoms with Gasteiger partial charge in [0, 0.05) is 6.54 Å². The second-order valence-electron chi connectivity index (χ2n) is 7.47.